The van der Waals surface area contributed by atoms with Crippen LogP contribution in [0.1, 0.15) is 39.7 Å². The highest BCUT2D eigenvalue weighted by molar-refractivity contribution is 9.10. The Hall–Kier alpha value is -0.430. The van der Waals surface area contributed by atoms with Gasteiger partial charge in [-0.05, 0) is 60.4 Å². The lowest BCUT2D eigenvalue weighted by Gasteiger charge is -2.25. The lowest BCUT2D eigenvalue weighted by atomic mass is 10.2. The van der Waals surface area contributed by atoms with Gasteiger partial charge in [0, 0.05) is 23.6 Å². The van der Waals surface area contributed by atoms with Crippen molar-refractivity contribution < 1.29 is 8.42 Å². The van der Waals surface area contributed by atoms with Crippen LogP contribution in [0.5, 0.6) is 0 Å². The first-order valence-electron chi connectivity index (χ1n) is 7.35. The van der Waals surface area contributed by atoms with E-state index in [9.17, 15) is 8.42 Å². The molecule has 21 heavy (non-hydrogen) atoms. The maximum Gasteiger partial charge on any atom is 0.244 e. The highest BCUT2D eigenvalue weighted by Gasteiger charge is 2.27. The number of hydrogen-bond acceptors (Lipinski definition) is 3. The standard InChI is InChI=1S/C15H25BrN2O2S/c1-5-9-17-11-13-7-8-15(14(16)10-13)21(19,20)18(6-2)12(3)4/h7-8,10,12,17H,5-6,9,11H2,1-4H3. The summed E-state index contributed by atoms with van der Waals surface area (Å²) in [4.78, 5) is 0.331. The largest absolute Gasteiger partial charge is 0.313 e. The van der Waals surface area contributed by atoms with Crippen LogP contribution in [0, 0.1) is 0 Å². The van der Waals surface area contributed by atoms with Crippen molar-refractivity contribution in [1.82, 2.24) is 9.62 Å². The van der Waals surface area contributed by atoms with Gasteiger partial charge in [-0.2, -0.15) is 4.31 Å². The Morgan fingerprint density at radius 2 is 1.95 bits per heavy atom. The molecule has 0 radical (unpaired) electrons. The SMILES string of the molecule is CCCNCc1ccc(S(=O)(=O)N(CC)C(C)C)c(Br)c1. The molecule has 1 rings (SSSR count). The third-order valence-corrected chi connectivity index (χ3v) is 6.35. The fraction of sp³-hybridized carbons (Fsp3) is 0.600. The van der Waals surface area contributed by atoms with Gasteiger partial charge in [0.05, 0.1) is 4.90 Å². The molecule has 0 saturated carbocycles. The van der Waals surface area contributed by atoms with Crippen LogP contribution in [0.15, 0.2) is 27.6 Å². The molecule has 0 aromatic heterocycles. The number of nitrogens with one attached hydrogen (secondary N) is 1. The summed E-state index contributed by atoms with van der Waals surface area (Å²) >= 11 is 3.40. The molecule has 0 bridgehead atoms. The van der Waals surface area contributed by atoms with Crippen LogP contribution < -0.4 is 5.32 Å². The molecule has 0 aliphatic heterocycles. The zero-order valence-corrected chi connectivity index (χ0v) is 15.6. The molecule has 0 amide bonds. The number of benzene rings is 1. The lowest BCUT2D eigenvalue weighted by Crippen LogP contribution is -2.36. The van der Waals surface area contributed by atoms with Crippen LogP contribution in [-0.4, -0.2) is 31.9 Å². The summed E-state index contributed by atoms with van der Waals surface area (Å²) in [5.74, 6) is 0. The first-order valence-corrected chi connectivity index (χ1v) is 9.58. The fourth-order valence-corrected chi connectivity index (χ4v) is 4.94. The van der Waals surface area contributed by atoms with Crippen LogP contribution in [-0.2, 0) is 16.6 Å². The second kappa shape index (κ2) is 8.27. The van der Waals surface area contributed by atoms with E-state index in [1.165, 1.54) is 4.31 Å². The van der Waals surface area contributed by atoms with E-state index in [4.69, 9.17) is 0 Å². The second-order valence-corrected chi connectivity index (χ2v) is 7.96. The third-order valence-electron chi connectivity index (χ3n) is 3.23. The summed E-state index contributed by atoms with van der Waals surface area (Å²) in [6.45, 7) is 9.91. The van der Waals surface area contributed by atoms with Crippen LogP contribution in [0.4, 0.5) is 0 Å². The molecule has 0 aliphatic carbocycles. The number of sulfonamides is 1. The monoisotopic (exact) mass is 376 g/mol. The van der Waals surface area contributed by atoms with Crippen molar-refractivity contribution in [3.63, 3.8) is 0 Å². The molecular weight excluding hydrogens is 352 g/mol. The van der Waals surface area contributed by atoms with Gasteiger partial charge in [0.25, 0.3) is 0 Å². The normalized spacial score (nSPS) is 12.3. The Bertz CT molecular complexity index is 559. The van der Waals surface area contributed by atoms with E-state index in [1.807, 2.05) is 32.9 Å². The summed E-state index contributed by atoms with van der Waals surface area (Å²) < 4.78 is 27.5. The molecule has 120 valence electrons. The third kappa shape index (κ3) is 4.77. The van der Waals surface area contributed by atoms with Crippen molar-refractivity contribution in [3.8, 4) is 0 Å². The summed E-state index contributed by atoms with van der Waals surface area (Å²) in [6.07, 6.45) is 1.08. The molecule has 0 unspecified atom stereocenters. The van der Waals surface area contributed by atoms with Crippen molar-refractivity contribution in [3.05, 3.63) is 28.2 Å². The Balaban J connectivity index is 3.03. The smallest absolute Gasteiger partial charge is 0.244 e. The first-order chi connectivity index (χ1) is 9.84. The van der Waals surface area contributed by atoms with Crippen molar-refractivity contribution in [2.75, 3.05) is 13.1 Å². The van der Waals surface area contributed by atoms with E-state index in [1.54, 1.807) is 6.07 Å². The van der Waals surface area contributed by atoms with Crippen molar-refractivity contribution >= 4 is 26.0 Å². The molecule has 0 fully saturated rings. The molecule has 6 heteroatoms. The van der Waals surface area contributed by atoms with Gasteiger partial charge >= 0.3 is 0 Å². The van der Waals surface area contributed by atoms with E-state index in [0.717, 1.165) is 25.1 Å². The van der Waals surface area contributed by atoms with E-state index >= 15 is 0 Å². The Kier molecular flexibility index (Phi) is 7.33. The zero-order chi connectivity index (χ0) is 16.0. The van der Waals surface area contributed by atoms with Crippen LogP contribution in [0.25, 0.3) is 0 Å². The van der Waals surface area contributed by atoms with Crippen molar-refractivity contribution in [1.29, 1.82) is 0 Å². The van der Waals surface area contributed by atoms with E-state index in [-0.39, 0.29) is 6.04 Å². The van der Waals surface area contributed by atoms with Gasteiger partial charge in [-0.1, -0.05) is 19.9 Å². The number of rotatable bonds is 8. The topological polar surface area (TPSA) is 49.4 Å². The Labute approximate surface area is 137 Å². The molecule has 0 spiro atoms. The quantitative estimate of drug-likeness (QED) is 0.707. The van der Waals surface area contributed by atoms with Gasteiger partial charge in [0.15, 0.2) is 0 Å². The van der Waals surface area contributed by atoms with E-state index in [0.29, 0.717) is 15.9 Å². The van der Waals surface area contributed by atoms with Crippen LogP contribution in [0.3, 0.4) is 0 Å². The Morgan fingerprint density at radius 1 is 1.29 bits per heavy atom. The average Bonchev–Trinajstić information content (AvgIpc) is 2.38. The molecular formula is C15H25BrN2O2S. The number of nitrogens with zero attached hydrogens (tertiary/aromatic N) is 1. The molecule has 1 aromatic carbocycles. The fourth-order valence-electron chi connectivity index (χ4n) is 2.21. The Morgan fingerprint density at radius 3 is 2.43 bits per heavy atom. The molecule has 4 nitrogen and oxygen atoms in total. The predicted molar refractivity (Wildman–Crippen MR) is 90.8 cm³/mol. The maximum absolute atomic E-state index is 12.7. The summed E-state index contributed by atoms with van der Waals surface area (Å²) in [5, 5.41) is 3.31. The zero-order valence-electron chi connectivity index (χ0n) is 13.2. The molecule has 0 heterocycles. The molecule has 1 aromatic rings. The molecule has 0 aliphatic rings. The maximum atomic E-state index is 12.7. The number of halogens is 1. The lowest BCUT2D eigenvalue weighted by molar-refractivity contribution is 0.369. The molecule has 1 N–H and O–H groups in total. The highest BCUT2D eigenvalue weighted by atomic mass is 79.9. The minimum atomic E-state index is -3.46. The van der Waals surface area contributed by atoms with Gasteiger partial charge in [-0.25, -0.2) is 8.42 Å². The van der Waals surface area contributed by atoms with Crippen LogP contribution >= 0.6 is 15.9 Å². The minimum absolute atomic E-state index is 0.0576. The summed E-state index contributed by atoms with van der Waals surface area (Å²) in [6, 6.07) is 5.38. The molecule has 0 atom stereocenters. The second-order valence-electron chi connectivity index (χ2n) is 5.24. The summed E-state index contributed by atoms with van der Waals surface area (Å²) in [5.41, 5.74) is 1.07. The predicted octanol–water partition coefficient (Wildman–Crippen LogP) is 3.37. The van der Waals surface area contributed by atoms with Gasteiger partial charge < -0.3 is 5.32 Å². The summed E-state index contributed by atoms with van der Waals surface area (Å²) in [7, 11) is -3.46. The minimum Gasteiger partial charge on any atom is -0.313 e. The highest BCUT2D eigenvalue weighted by Crippen LogP contribution is 2.27. The van der Waals surface area contributed by atoms with E-state index < -0.39 is 10.0 Å². The van der Waals surface area contributed by atoms with Crippen molar-refractivity contribution in [2.45, 2.75) is 51.6 Å². The number of hydrogen-bond donors (Lipinski definition) is 1. The molecule has 0 saturated heterocycles. The van der Waals surface area contributed by atoms with Crippen LogP contribution in [0.2, 0.25) is 0 Å². The first kappa shape index (κ1) is 18.6. The van der Waals surface area contributed by atoms with Gasteiger partial charge in [0.2, 0.25) is 10.0 Å². The van der Waals surface area contributed by atoms with Crippen molar-refractivity contribution in [2.24, 2.45) is 0 Å². The van der Waals surface area contributed by atoms with E-state index in [2.05, 4.69) is 28.2 Å². The van der Waals surface area contributed by atoms with Gasteiger partial charge in [-0.3, -0.25) is 0 Å². The average molecular weight is 377 g/mol. The van der Waals surface area contributed by atoms with Gasteiger partial charge in [0.1, 0.15) is 0 Å². The van der Waals surface area contributed by atoms with Gasteiger partial charge in [-0.15, -0.1) is 0 Å².